The van der Waals surface area contributed by atoms with Crippen LogP contribution in [0.3, 0.4) is 0 Å². The van der Waals surface area contributed by atoms with Gasteiger partial charge in [0, 0.05) is 11.1 Å². The molecule has 0 spiro atoms. The van der Waals surface area contributed by atoms with Crippen molar-refractivity contribution in [1.82, 2.24) is 4.98 Å². The first-order valence-corrected chi connectivity index (χ1v) is 11.5. The predicted octanol–water partition coefficient (Wildman–Crippen LogP) is 5.53. The number of nitrogens with zero attached hydrogens (tertiary/aromatic N) is 1. The molecule has 3 rings (SSSR count). The summed E-state index contributed by atoms with van der Waals surface area (Å²) in [4.78, 5) is 29.8. The molecule has 2 N–H and O–H groups in total. The lowest BCUT2D eigenvalue weighted by atomic mass is 10.2. The zero-order valence-electron chi connectivity index (χ0n) is 15.2. The van der Waals surface area contributed by atoms with Crippen LogP contribution >= 0.6 is 46.0 Å². The molecule has 2 aromatic heterocycles. The van der Waals surface area contributed by atoms with Gasteiger partial charge in [-0.25, -0.2) is 4.98 Å². The molecular formula is C19H18ClN3O2S3. The van der Waals surface area contributed by atoms with Crippen molar-refractivity contribution in [1.29, 1.82) is 0 Å². The Kier molecular flexibility index (Phi) is 7.12. The molecule has 0 aliphatic heterocycles. The molecule has 2 heterocycles. The van der Waals surface area contributed by atoms with Crippen LogP contribution in [0.4, 0.5) is 10.8 Å². The van der Waals surface area contributed by atoms with Crippen LogP contribution in [0.5, 0.6) is 0 Å². The highest BCUT2D eigenvalue weighted by Crippen LogP contribution is 2.33. The lowest BCUT2D eigenvalue weighted by molar-refractivity contribution is -0.115. The van der Waals surface area contributed by atoms with Gasteiger partial charge in [-0.05, 0) is 38.1 Å². The van der Waals surface area contributed by atoms with E-state index in [2.05, 4.69) is 15.6 Å². The number of aromatic nitrogens is 1. The highest BCUT2D eigenvalue weighted by atomic mass is 35.5. The van der Waals surface area contributed by atoms with Gasteiger partial charge < -0.3 is 10.6 Å². The van der Waals surface area contributed by atoms with Crippen molar-refractivity contribution in [3.8, 4) is 10.6 Å². The lowest BCUT2D eigenvalue weighted by Crippen LogP contribution is -2.25. The van der Waals surface area contributed by atoms with Crippen LogP contribution in [0.25, 0.3) is 10.6 Å². The largest absolute Gasteiger partial charge is 0.325 e. The van der Waals surface area contributed by atoms with E-state index in [1.165, 1.54) is 34.4 Å². The van der Waals surface area contributed by atoms with Crippen molar-refractivity contribution in [2.75, 3.05) is 16.4 Å². The Morgan fingerprint density at radius 1 is 1.18 bits per heavy atom. The molecule has 0 aliphatic carbocycles. The number of nitrogens with one attached hydrogen (secondary N) is 2. The van der Waals surface area contributed by atoms with E-state index in [4.69, 9.17) is 11.6 Å². The first-order chi connectivity index (χ1) is 13.4. The third-order valence-corrected chi connectivity index (χ3v) is 6.88. The molecule has 0 bridgehead atoms. The van der Waals surface area contributed by atoms with Gasteiger partial charge in [0.15, 0.2) is 5.13 Å². The maximum absolute atomic E-state index is 12.4. The Balaban J connectivity index is 1.47. The number of carbonyl (C=O) groups excluding carboxylic acids is 2. The average Bonchev–Trinajstić information content (AvgIpc) is 3.30. The van der Waals surface area contributed by atoms with Crippen molar-refractivity contribution in [3.05, 3.63) is 51.7 Å². The minimum atomic E-state index is -0.382. The van der Waals surface area contributed by atoms with Gasteiger partial charge in [-0.3, -0.25) is 9.59 Å². The predicted molar refractivity (Wildman–Crippen MR) is 121 cm³/mol. The van der Waals surface area contributed by atoms with Crippen LogP contribution in [0, 0.1) is 6.92 Å². The van der Waals surface area contributed by atoms with Crippen LogP contribution < -0.4 is 10.6 Å². The van der Waals surface area contributed by atoms with Gasteiger partial charge in [0.25, 0.3) is 0 Å². The van der Waals surface area contributed by atoms with Crippen LogP contribution in [0.2, 0.25) is 4.34 Å². The number of benzene rings is 1. The number of thiazole rings is 1. The number of hydrogen-bond donors (Lipinski definition) is 2. The van der Waals surface area contributed by atoms with Gasteiger partial charge in [0.2, 0.25) is 11.8 Å². The molecule has 1 aromatic carbocycles. The number of hydrogen-bond acceptors (Lipinski definition) is 6. The molecule has 0 radical (unpaired) electrons. The van der Waals surface area contributed by atoms with Crippen molar-refractivity contribution in [2.45, 2.75) is 19.1 Å². The fraction of sp³-hybridized carbons (Fsp3) is 0.211. The van der Waals surface area contributed by atoms with E-state index in [0.717, 1.165) is 21.8 Å². The van der Waals surface area contributed by atoms with Crippen LogP contribution in [-0.2, 0) is 9.59 Å². The molecule has 0 saturated heterocycles. The Morgan fingerprint density at radius 3 is 2.61 bits per heavy atom. The fourth-order valence-electron chi connectivity index (χ4n) is 2.21. The summed E-state index contributed by atoms with van der Waals surface area (Å²) >= 11 is 10.0. The zero-order valence-corrected chi connectivity index (χ0v) is 18.4. The first kappa shape index (κ1) is 20.9. The molecule has 5 nitrogen and oxygen atoms in total. The van der Waals surface area contributed by atoms with E-state index >= 15 is 0 Å². The monoisotopic (exact) mass is 451 g/mol. The van der Waals surface area contributed by atoms with Gasteiger partial charge in [-0.2, -0.15) is 0 Å². The molecule has 0 aliphatic rings. The number of rotatable bonds is 7. The minimum absolute atomic E-state index is 0.139. The summed E-state index contributed by atoms with van der Waals surface area (Å²) in [7, 11) is 0. The van der Waals surface area contributed by atoms with E-state index in [9.17, 15) is 9.59 Å². The third-order valence-electron chi connectivity index (χ3n) is 3.73. The Labute approximate surface area is 180 Å². The molecule has 28 heavy (non-hydrogen) atoms. The molecule has 1 atom stereocenters. The van der Waals surface area contributed by atoms with Crippen LogP contribution in [-0.4, -0.2) is 27.8 Å². The van der Waals surface area contributed by atoms with E-state index in [1.54, 1.807) is 6.92 Å². The summed E-state index contributed by atoms with van der Waals surface area (Å²) in [6.45, 7) is 3.76. The second-order valence-corrected chi connectivity index (χ2v) is 9.90. The molecule has 1 unspecified atom stereocenters. The van der Waals surface area contributed by atoms with Gasteiger partial charge in [0.1, 0.15) is 0 Å². The van der Waals surface area contributed by atoms with Crippen molar-refractivity contribution < 1.29 is 9.59 Å². The van der Waals surface area contributed by atoms with E-state index < -0.39 is 0 Å². The second-order valence-electron chi connectivity index (χ2n) is 6.00. The SMILES string of the molecule is Cc1ccc(NC(=O)CSC(C)C(=O)Nc2nc(-c3ccc(Cl)s3)cs2)cc1. The first-order valence-electron chi connectivity index (χ1n) is 8.41. The average molecular weight is 452 g/mol. The quantitative estimate of drug-likeness (QED) is 0.495. The molecule has 0 fully saturated rings. The summed E-state index contributed by atoms with van der Waals surface area (Å²) in [5.41, 5.74) is 2.66. The number of thiophene rings is 1. The summed E-state index contributed by atoms with van der Waals surface area (Å²) in [5.74, 6) is -0.128. The number of carbonyl (C=O) groups is 2. The highest BCUT2D eigenvalue weighted by molar-refractivity contribution is 8.01. The van der Waals surface area contributed by atoms with E-state index in [-0.39, 0.29) is 22.8 Å². The molecule has 3 aromatic rings. The maximum atomic E-state index is 12.4. The highest BCUT2D eigenvalue weighted by Gasteiger charge is 2.17. The standard InChI is InChI=1S/C19H18ClN3O2S3/c1-11-3-5-13(6-4-11)21-17(24)10-26-12(2)18(25)23-19-22-14(9-27-19)15-7-8-16(20)28-15/h3-9,12H,10H2,1-2H3,(H,21,24)(H,22,23,25). The molecule has 9 heteroatoms. The minimum Gasteiger partial charge on any atom is -0.325 e. The zero-order chi connectivity index (χ0) is 20.1. The second kappa shape index (κ2) is 9.56. The summed E-state index contributed by atoms with van der Waals surface area (Å²) < 4.78 is 0.697. The number of aryl methyl sites for hydroxylation is 1. The summed E-state index contributed by atoms with van der Waals surface area (Å²) in [6, 6.07) is 11.3. The van der Waals surface area contributed by atoms with Crippen molar-refractivity contribution in [2.24, 2.45) is 0 Å². The van der Waals surface area contributed by atoms with Gasteiger partial charge in [-0.15, -0.1) is 34.4 Å². The van der Waals surface area contributed by atoms with Crippen molar-refractivity contribution >= 4 is 68.7 Å². The van der Waals surface area contributed by atoms with Crippen molar-refractivity contribution in [3.63, 3.8) is 0 Å². The number of amides is 2. The summed E-state index contributed by atoms with van der Waals surface area (Å²) in [6.07, 6.45) is 0. The number of thioether (sulfide) groups is 1. The smallest absolute Gasteiger partial charge is 0.239 e. The van der Waals surface area contributed by atoms with Crippen LogP contribution in [0.15, 0.2) is 41.8 Å². The van der Waals surface area contributed by atoms with Gasteiger partial charge in [0.05, 0.1) is 25.9 Å². The number of anilines is 2. The molecule has 0 saturated carbocycles. The van der Waals surface area contributed by atoms with E-state index in [1.807, 2.05) is 48.7 Å². The van der Waals surface area contributed by atoms with Crippen LogP contribution in [0.1, 0.15) is 12.5 Å². The fourth-order valence-corrected chi connectivity index (χ4v) is 4.69. The topological polar surface area (TPSA) is 71.1 Å². The number of halogens is 1. The lowest BCUT2D eigenvalue weighted by Gasteiger charge is -2.11. The Morgan fingerprint density at radius 2 is 1.93 bits per heavy atom. The molecular weight excluding hydrogens is 434 g/mol. The normalized spacial score (nSPS) is 11.8. The van der Waals surface area contributed by atoms with E-state index in [0.29, 0.717) is 9.47 Å². The molecule has 2 amide bonds. The summed E-state index contributed by atoms with van der Waals surface area (Å²) in [5, 5.41) is 7.66. The Bertz CT molecular complexity index is 969. The van der Waals surface area contributed by atoms with Gasteiger partial charge >= 0.3 is 0 Å². The molecule has 146 valence electrons. The van der Waals surface area contributed by atoms with Gasteiger partial charge in [-0.1, -0.05) is 29.3 Å². The third kappa shape index (κ3) is 5.81. The maximum Gasteiger partial charge on any atom is 0.239 e. The Hall–Kier alpha value is -1.87.